The molecular weight excluding hydrogens is 590 g/mol. The van der Waals surface area contributed by atoms with Gasteiger partial charge in [-0.1, -0.05) is 127 Å². The summed E-state index contributed by atoms with van der Waals surface area (Å²) < 4.78 is 10.3. The molecule has 0 bridgehead atoms. The Morgan fingerprint density at radius 1 is 0.894 bits per heavy atom. The van der Waals surface area contributed by atoms with Crippen LogP contribution < -0.4 is 5.32 Å². The van der Waals surface area contributed by atoms with Crippen LogP contribution in [-0.4, -0.2) is 55.2 Å². The van der Waals surface area contributed by atoms with Gasteiger partial charge in [0.2, 0.25) is 0 Å². The number of aliphatic hydroxyl groups excluding tert-OH is 1. The number of carbonyl (C=O) groups is 2. The standard InChI is InChI=1S/C13H16O3.C8H10O2.C4H11NO.2C4H10.C3H8.2C2H6/c14-10-4-2-1-3-5-13(16)11-6-8-12(15)9-7-11;1-3-4-8-7(2)9-5-6-10-8;1-4(6)3-5-2;2*1-3-4-2;1-3-2;2*1-2/h6-10,15H,1-5H2;3-4H,1-2,5-6H2;4-6H,3H2,1-2H3;2*3-4H2,1-2H3;3H2,1-2H3;2*1-2H3/b;8-4+;;;;;;. The minimum Gasteiger partial charge on any atom is -0.508 e. The van der Waals surface area contributed by atoms with Crippen molar-refractivity contribution in [3.8, 4) is 5.75 Å². The molecule has 1 aliphatic rings. The third-order valence-corrected chi connectivity index (χ3v) is 5.08. The number of phenols is 1. The molecule has 7 nitrogen and oxygen atoms in total. The van der Waals surface area contributed by atoms with Gasteiger partial charge >= 0.3 is 0 Å². The maximum absolute atomic E-state index is 11.6. The first-order chi connectivity index (χ1) is 22.6. The number of aliphatic hydroxyl groups is 1. The van der Waals surface area contributed by atoms with Crippen molar-refractivity contribution in [1.29, 1.82) is 0 Å². The number of phenolic OH excluding ortho intramolecular Hbond substituents is 1. The van der Waals surface area contributed by atoms with Crippen molar-refractivity contribution >= 4 is 12.1 Å². The van der Waals surface area contributed by atoms with E-state index < -0.39 is 0 Å². The molecule has 7 heteroatoms. The fourth-order valence-electron chi connectivity index (χ4n) is 2.49. The summed E-state index contributed by atoms with van der Waals surface area (Å²) in [5, 5.41) is 20.4. The summed E-state index contributed by atoms with van der Waals surface area (Å²) in [6.45, 7) is 31.8. The molecule has 1 aliphatic heterocycles. The summed E-state index contributed by atoms with van der Waals surface area (Å²) in [6, 6.07) is 6.28. The second-order valence-corrected chi connectivity index (χ2v) is 9.74. The van der Waals surface area contributed by atoms with Crippen LogP contribution in [0.25, 0.3) is 0 Å². The monoisotopic (exact) mass is 668 g/mol. The zero-order valence-electron chi connectivity index (χ0n) is 32.8. The Labute approximate surface area is 291 Å². The van der Waals surface area contributed by atoms with Gasteiger partial charge in [-0.2, -0.15) is 0 Å². The van der Waals surface area contributed by atoms with Crippen molar-refractivity contribution in [3.05, 3.63) is 66.7 Å². The average molecular weight is 668 g/mol. The number of hydrogen-bond donors (Lipinski definition) is 3. The van der Waals surface area contributed by atoms with Crippen LogP contribution in [0.2, 0.25) is 0 Å². The van der Waals surface area contributed by atoms with Crippen molar-refractivity contribution in [2.24, 2.45) is 0 Å². The number of aldehydes is 1. The van der Waals surface area contributed by atoms with E-state index >= 15 is 0 Å². The number of unbranched alkanes of at least 4 members (excludes halogenated alkanes) is 5. The van der Waals surface area contributed by atoms with Gasteiger partial charge < -0.3 is 29.8 Å². The first-order valence-corrected chi connectivity index (χ1v) is 18.0. The van der Waals surface area contributed by atoms with Crippen molar-refractivity contribution in [2.75, 3.05) is 26.8 Å². The molecule has 1 aromatic rings. The van der Waals surface area contributed by atoms with E-state index in [1.807, 2.05) is 34.7 Å². The number of nitrogens with one attached hydrogen (secondary N) is 1. The smallest absolute Gasteiger partial charge is 0.162 e. The molecular formula is C40H77NO6. The summed E-state index contributed by atoms with van der Waals surface area (Å²) >= 11 is 0. The van der Waals surface area contributed by atoms with Gasteiger partial charge in [-0.05, 0) is 57.2 Å². The number of carbonyl (C=O) groups excluding carboxylic acids is 2. The number of rotatable bonds is 12. The number of ketones is 1. The summed E-state index contributed by atoms with van der Waals surface area (Å²) in [6.07, 6.45) is 14.3. The van der Waals surface area contributed by atoms with E-state index in [0.29, 0.717) is 49.7 Å². The molecule has 0 amide bonds. The highest BCUT2D eigenvalue weighted by Crippen LogP contribution is 2.15. The largest absolute Gasteiger partial charge is 0.508 e. The zero-order valence-corrected chi connectivity index (χ0v) is 32.8. The van der Waals surface area contributed by atoms with Crippen LogP contribution >= 0.6 is 0 Å². The first kappa shape index (κ1) is 56.4. The first-order valence-electron chi connectivity index (χ1n) is 18.0. The van der Waals surface area contributed by atoms with Crippen molar-refractivity contribution in [1.82, 2.24) is 5.32 Å². The van der Waals surface area contributed by atoms with E-state index in [0.717, 1.165) is 25.5 Å². The second-order valence-electron chi connectivity index (χ2n) is 9.74. The van der Waals surface area contributed by atoms with Crippen LogP contribution in [0.3, 0.4) is 0 Å². The Morgan fingerprint density at radius 3 is 1.70 bits per heavy atom. The maximum Gasteiger partial charge on any atom is 0.162 e. The Balaban J connectivity index is -0.000000117. The molecule has 0 saturated carbocycles. The SMILES string of the molecule is C=C/C=C1/OCCOC1=C.CC.CC.CCC.CCCC.CCCC.CNCC(C)O.O=CCCCCCC(=O)c1ccc(O)cc1. The molecule has 1 saturated heterocycles. The molecule has 0 radical (unpaired) electrons. The van der Waals surface area contributed by atoms with E-state index in [1.54, 1.807) is 31.2 Å². The molecule has 1 atom stereocenters. The van der Waals surface area contributed by atoms with Gasteiger partial charge in [0.25, 0.3) is 0 Å². The highest BCUT2D eigenvalue weighted by molar-refractivity contribution is 5.96. The highest BCUT2D eigenvalue weighted by atomic mass is 16.6. The van der Waals surface area contributed by atoms with E-state index in [-0.39, 0.29) is 17.6 Å². The molecule has 1 aromatic carbocycles. The molecule has 1 unspecified atom stereocenters. The zero-order chi connectivity index (χ0) is 37.7. The van der Waals surface area contributed by atoms with Gasteiger partial charge in [0.1, 0.15) is 25.2 Å². The number of benzene rings is 1. The molecule has 278 valence electrons. The third kappa shape index (κ3) is 52.9. The number of likely N-dealkylation sites (N-methyl/N-ethyl adjacent to an activating group) is 1. The van der Waals surface area contributed by atoms with Crippen LogP contribution in [0, 0.1) is 0 Å². The van der Waals surface area contributed by atoms with Crippen LogP contribution in [-0.2, 0) is 14.3 Å². The average Bonchev–Trinajstić information content (AvgIpc) is 3.09. The fraction of sp³-hybridized carbons (Fsp3) is 0.650. The van der Waals surface area contributed by atoms with Crippen molar-refractivity contribution in [2.45, 2.75) is 146 Å². The Bertz CT molecular complexity index is 780. The Hall–Kier alpha value is -2.90. The number of Topliss-reactive ketones (excluding diaryl/α,β-unsaturated/α-hetero) is 1. The van der Waals surface area contributed by atoms with Crippen LogP contribution in [0.4, 0.5) is 0 Å². The quantitative estimate of drug-likeness (QED) is 0.116. The number of hydrogen-bond acceptors (Lipinski definition) is 7. The second kappa shape index (κ2) is 52.6. The van der Waals surface area contributed by atoms with Gasteiger partial charge in [0.05, 0.1) is 6.10 Å². The predicted molar refractivity (Wildman–Crippen MR) is 206 cm³/mol. The van der Waals surface area contributed by atoms with Crippen LogP contribution in [0.5, 0.6) is 5.75 Å². The molecule has 0 aliphatic carbocycles. The lowest BCUT2D eigenvalue weighted by Gasteiger charge is -2.18. The third-order valence-electron chi connectivity index (χ3n) is 5.08. The summed E-state index contributed by atoms with van der Waals surface area (Å²) in [5.41, 5.74) is 0.633. The number of allylic oxidation sites excluding steroid dienone is 2. The lowest BCUT2D eigenvalue weighted by molar-refractivity contribution is -0.107. The van der Waals surface area contributed by atoms with Crippen LogP contribution in [0.15, 0.2) is 61.1 Å². The van der Waals surface area contributed by atoms with E-state index in [4.69, 9.17) is 19.7 Å². The Kier molecular flexibility index (Phi) is 63.2. The van der Waals surface area contributed by atoms with E-state index in [1.165, 1.54) is 44.2 Å². The summed E-state index contributed by atoms with van der Waals surface area (Å²) in [5.74, 6) is 1.53. The highest BCUT2D eigenvalue weighted by Gasteiger charge is 2.09. The molecule has 0 aromatic heterocycles. The van der Waals surface area contributed by atoms with Gasteiger partial charge in [-0.3, -0.25) is 4.79 Å². The van der Waals surface area contributed by atoms with Gasteiger partial charge in [-0.15, -0.1) is 0 Å². The summed E-state index contributed by atoms with van der Waals surface area (Å²) in [4.78, 5) is 21.7. The van der Waals surface area contributed by atoms with Gasteiger partial charge in [0.15, 0.2) is 17.3 Å². The minimum atomic E-state index is -0.213. The molecule has 47 heavy (non-hydrogen) atoms. The Morgan fingerprint density at radius 2 is 1.36 bits per heavy atom. The number of aromatic hydroxyl groups is 1. The van der Waals surface area contributed by atoms with Crippen LogP contribution in [0.1, 0.15) is 151 Å². The topological polar surface area (TPSA) is 105 Å². The van der Waals surface area contributed by atoms with Crippen molar-refractivity contribution < 1.29 is 29.3 Å². The molecule has 3 N–H and O–H groups in total. The summed E-state index contributed by atoms with van der Waals surface area (Å²) in [7, 11) is 1.81. The van der Waals surface area contributed by atoms with Gasteiger partial charge in [0, 0.05) is 24.9 Å². The predicted octanol–water partition coefficient (Wildman–Crippen LogP) is 11.0. The minimum absolute atomic E-state index is 0.0890. The van der Waals surface area contributed by atoms with Gasteiger partial charge in [-0.25, -0.2) is 0 Å². The van der Waals surface area contributed by atoms with Crippen molar-refractivity contribution in [3.63, 3.8) is 0 Å². The normalized spacial score (nSPS) is 11.8. The number of ether oxygens (including phenoxy) is 2. The molecule has 0 spiro atoms. The molecule has 2 rings (SSSR count). The lowest BCUT2D eigenvalue weighted by atomic mass is 10.0. The van der Waals surface area contributed by atoms with E-state index in [2.05, 4.69) is 60.0 Å². The van der Waals surface area contributed by atoms with E-state index in [9.17, 15) is 9.59 Å². The fourth-order valence-corrected chi connectivity index (χ4v) is 2.49. The lowest BCUT2D eigenvalue weighted by Crippen LogP contribution is -2.19. The molecule has 1 fully saturated rings. The maximum atomic E-state index is 11.6. The molecule has 1 heterocycles.